The van der Waals surface area contributed by atoms with E-state index in [4.69, 9.17) is 10.2 Å². The third-order valence-electron chi connectivity index (χ3n) is 2.80. The maximum absolute atomic E-state index is 10.6. The number of rotatable bonds is 4. The highest BCUT2D eigenvalue weighted by molar-refractivity contribution is 5.99. The summed E-state index contributed by atoms with van der Waals surface area (Å²) in [6.45, 7) is 0. The zero-order valence-electron chi connectivity index (χ0n) is 10.5. The number of hydrogen-bond donors (Lipinski definition) is 2. The third-order valence-corrected chi connectivity index (χ3v) is 2.80. The Hall–Kier alpha value is -2.88. The first-order valence-corrected chi connectivity index (χ1v) is 5.91. The first-order valence-electron chi connectivity index (χ1n) is 5.91. The lowest BCUT2D eigenvalue weighted by Gasteiger charge is -2.05. The number of carboxylic acids is 2. The Kier molecular flexibility index (Phi) is 3.96. The van der Waals surface area contributed by atoms with Gasteiger partial charge in [-0.25, -0.2) is 9.59 Å². The monoisotopic (exact) mass is 268 g/mol. The summed E-state index contributed by atoms with van der Waals surface area (Å²) in [6, 6.07) is 11.0. The van der Waals surface area contributed by atoms with Crippen molar-refractivity contribution in [2.75, 3.05) is 0 Å². The van der Waals surface area contributed by atoms with Gasteiger partial charge in [0, 0.05) is 12.2 Å². The molecule has 0 aliphatic heterocycles. The van der Waals surface area contributed by atoms with E-state index in [1.807, 2.05) is 36.4 Å². The average molecular weight is 268 g/mol. The van der Waals surface area contributed by atoms with Crippen LogP contribution in [0.5, 0.6) is 0 Å². The van der Waals surface area contributed by atoms with Crippen LogP contribution in [0.3, 0.4) is 0 Å². The molecule has 0 saturated heterocycles. The summed E-state index contributed by atoms with van der Waals surface area (Å²) < 4.78 is 0. The molecule has 2 aromatic rings. The predicted octanol–water partition coefficient (Wildman–Crippen LogP) is 3.04. The van der Waals surface area contributed by atoms with Crippen LogP contribution < -0.4 is 0 Å². The summed E-state index contributed by atoms with van der Waals surface area (Å²) in [5.41, 5.74) is 1.55. The van der Waals surface area contributed by atoms with Gasteiger partial charge in [0.2, 0.25) is 0 Å². The minimum Gasteiger partial charge on any atom is -0.478 e. The second-order valence-electron chi connectivity index (χ2n) is 4.13. The normalized spacial score (nSPS) is 11.4. The maximum atomic E-state index is 10.6. The number of fused-ring (bicyclic) bond motifs is 1. The molecule has 0 fully saturated rings. The SMILES string of the molecule is O=C(O)C=Cc1cccc2c(C=CC(=O)O)cccc12. The van der Waals surface area contributed by atoms with Gasteiger partial charge in [0.05, 0.1) is 0 Å². The van der Waals surface area contributed by atoms with E-state index in [0.29, 0.717) is 0 Å². The Labute approximate surface area is 115 Å². The second kappa shape index (κ2) is 5.84. The van der Waals surface area contributed by atoms with Crippen molar-refractivity contribution in [2.24, 2.45) is 0 Å². The molecule has 2 rings (SSSR count). The standard InChI is InChI=1S/C16H12O4/c17-15(18)9-7-11-3-1-5-13-12(8-10-16(19)20)4-2-6-14(11)13/h1-10H,(H,17,18)(H,19,20). The summed E-state index contributed by atoms with van der Waals surface area (Å²) in [7, 11) is 0. The number of benzene rings is 2. The molecule has 4 heteroatoms. The first kappa shape index (κ1) is 13.5. The van der Waals surface area contributed by atoms with E-state index >= 15 is 0 Å². The molecule has 0 unspecified atom stereocenters. The lowest BCUT2D eigenvalue weighted by atomic mass is 9.99. The van der Waals surface area contributed by atoms with E-state index in [1.54, 1.807) is 0 Å². The molecule has 2 N–H and O–H groups in total. The van der Waals surface area contributed by atoms with Gasteiger partial charge >= 0.3 is 11.9 Å². The zero-order valence-corrected chi connectivity index (χ0v) is 10.5. The fourth-order valence-corrected chi connectivity index (χ4v) is 1.97. The van der Waals surface area contributed by atoms with Crippen molar-refractivity contribution in [1.82, 2.24) is 0 Å². The molecule has 0 bridgehead atoms. The molecule has 0 aromatic heterocycles. The van der Waals surface area contributed by atoms with Crippen LogP contribution in [0.4, 0.5) is 0 Å². The van der Waals surface area contributed by atoms with Crippen LogP contribution in [0.1, 0.15) is 11.1 Å². The molecule has 2 aromatic carbocycles. The van der Waals surface area contributed by atoms with E-state index in [9.17, 15) is 9.59 Å². The minimum atomic E-state index is -1.01. The average Bonchev–Trinajstić information content (AvgIpc) is 2.42. The Morgan fingerprint density at radius 2 is 1.15 bits per heavy atom. The van der Waals surface area contributed by atoms with Gasteiger partial charge in [-0.3, -0.25) is 0 Å². The fraction of sp³-hybridized carbons (Fsp3) is 0. The van der Waals surface area contributed by atoms with Crippen LogP contribution in [-0.4, -0.2) is 22.2 Å². The summed E-state index contributed by atoms with van der Waals surface area (Å²) in [4.78, 5) is 21.2. The van der Waals surface area contributed by atoms with Gasteiger partial charge < -0.3 is 10.2 Å². The highest BCUT2D eigenvalue weighted by Crippen LogP contribution is 2.24. The van der Waals surface area contributed by atoms with Crippen molar-refractivity contribution < 1.29 is 19.8 Å². The quantitative estimate of drug-likeness (QED) is 0.836. The van der Waals surface area contributed by atoms with E-state index in [2.05, 4.69) is 0 Å². The van der Waals surface area contributed by atoms with Gasteiger partial charge in [-0.1, -0.05) is 36.4 Å². The summed E-state index contributed by atoms with van der Waals surface area (Å²) in [5, 5.41) is 19.1. The third kappa shape index (κ3) is 3.11. The van der Waals surface area contributed by atoms with Gasteiger partial charge in [-0.15, -0.1) is 0 Å². The summed E-state index contributed by atoms with van der Waals surface area (Å²) in [5.74, 6) is -2.02. The van der Waals surface area contributed by atoms with Crippen LogP contribution >= 0.6 is 0 Å². The maximum Gasteiger partial charge on any atom is 0.328 e. The van der Waals surface area contributed by atoms with E-state index in [-0.39, 0.29) is 0 Å². The molecule has 4 nitrogen and oxygen atoms in total. The fourth-order valence-electron chi connectivity index (χ4n) is 1.97. The molecule has 0 saturated carbocycles. The van der Waals surface area contributed by atoms with E-state index in [1.165, 1.54) is 12.2 Å². The molecule has 100 valence electrons. The zero-order chi connectivity index (χ0) is 14.5. The van der Waals surface area contributed by atoms with Crippen molar-refractivity contribution >= 4 is 34.9 Å². The Bertz CT molecular complexity index is 663. The highest BCUT2D eigenvalue weighted by Gasteiger charge is 2.02. The topological polar surface area (TPSA) is 74.6 Å². The van der Waals surface area contributed by atoms with Gasteiger partial charge in [0.25, 0.3) is 0 Å². The van der Waals surface area contributed by atoms with Crippen molar-refractivity contribution in [1.29, 1.82) is 0 Å². The van der Waals surface area contributed by atoms with E-state index in [0.717, 1.165) is 34.1 Å². The molecule has 0 spiro atoms. The number of carbonyl (C=O) groups is 2. The summed E-state index contributed by atoms with van der Waals surface area (Å²) in [6.07, 6.45) is 5.20. The first-order chi connectivity index (χ1) is 9.58. The number of carboxylic acid groups (broad SMARTS) is 2. The number of aliphatic carboxylic acids is 2. The van der Waals surface area contributed by atoms with Crippen LogP contribution in [0.15, 0.2) is 48.6 Å². The molecular formula is C16H12O4. The van der Waals surface area contributed by atoms with Crippen molar-refractivity contribution in [3.8, 4) is 0 Å². The van der Waals surface area contributed by atoms with Gasteiger partial charge in [0.15, 0.2) is 0 Å². The van der Waals surface area contributed by atoms with Crippen molar-refractivity contribution in [2.45, 2.75) is 0 Å². The lowest BCUT2D eigenvalue weighted by Crippen LogP contribution is -1.88. The van der Waals surface area contributed by atoms with Gasteiger partial charge in [-0.05, 0) is 34.1 Å². The molecule has 0 atom stereocenters. The van der Waals surface area contributed by atoms with Crippen LogP contribution in [0, 0.1) is 0 Å². The minimum absolute atomic E-state index is 0.774. The van der Waals surface area contributed by atoms with Gasteiger partial charge in [0.1, 0.15) is 0 Å². The molecule has 0 heterocycles. The molecule has 20 heavy (non-hydrogen) atoms. The predicted molar refractivity (Wildman–Crippen MR) is 77.3 cm³/mol. The molecule has 0 radical (unpaired) electrons. The highest BCUT2D eigenvalue weighted by atomic mass is 16.4. The van der Waals surface area contributed by atoms with Crippen LogP contribution in [-0.2, 0) is 9.59 Å². The van der Waals surface area contributed by atoms with Crippen LogP contribution in [0.25, 0.3) is 22.9 Å². The molecule has 0 aliphatic carbocycles. The Morgan fingerprint density at radius 3 is 1.50 bits per heavy atom. The largest absolute Gasteiger partial charge is 0.478 e. The van der Waals surface area contributed by atoms with E-state index < -0.39 is 11.9 Å². The lowest BCUT2D eigenvalue weighted by molar-refractivity contribution is -0.132. The van der Waals surface area contributed by atoms with Crippen molar-refractivity contribution in [3.63, 3.8) is 0 Å². The Balaban J connectivity index is 2.57. The van der Waals surface area contributed by atoms with Crippen LogP contribution in [0.2, 0.25) is 0 Å². The Morgan fingerprint density at radius 1 is 0.750 bits per heavy atom. The van der Waals surface area contributed by atoms with Gasteiger partial charge in [-0.2, -0.15) is 0 Å². The number of hydrogen-bond acceptors (Lipinski definition) is 2. The molecule has 0 amide bonds. The smallest absolute Gasteiger partial charge is 0.328 e. The molecular weight excluding hydrogens is 256 g/mol. The molecule has 0 aliphatic rings. The second-order valence-corrected chi connectivity index (χ2v) is 4.13. The van der Waals surface area contributed by atoms with Crippen molar-refractivity contribution in [3.05, 3.63) is 59.7 Å². The summed E-state index contributed by atoms with van der Waals surface area (Å²) >= 11 is 0.